The van der Waals surface area contributed by atoms with Crippen molar-refractivity contribution in [3.05, 3.63) is 34.4 Å². The van der Waals surface area contributed by atoms with Gasteiger partial charge in [0.1, 0.15) is 0 Å². The molecule has 1 N–H and O–H groups in total. The first-order valence-corrected chi connectivity index (χ1v) is 18.8. The van der Waals surface area contributed by atoms with Crippen LogP contribution >= 0.6 is 0 Å². The second-order valence-electron chi connectivity index (χ2n) is 16.4. The van der Waals surface area contributed by atoms with Gasteiger partial charge in [-0.1, -0.05) is 71.8 Å². The molecule has 0 aromatic rings. The van der Waals surface area contributed by atoms with E-state index < -0.39 is 8.32 Å². The highest BCUT2D eigenvalue weighted by Crippen LogP contribution is 2.67. The zero-order chi connectivity index (χ0) is 28.3. The van der Waals surface area contributed by atoms with E-state index in [9.17, 15) is 5.11 Å². The molecular weight excluding hydrogens is 480 g/mol. The molecule has 0 aromatic carbocycles. The summed E-state index contributed by atoms with van der Waals surface area (Å²) in [6.45, 7) is 26.9. The topological polar surface area (TPSA) is 29.5 Å². The fourth-order valence-corrected chi connectivity index (χ4v) is 10.7. The Morgan fingerprint density at radius 1 is 1.08 bits per heavy atom. The maximum Gasteiger partial charge on any atom is 0.192 e. The van der Waals surface area contributed by atoms with E-state index in [-0.39, 0.29) is 15.9 Å². The Labute approximate surface area is 236 Å². The van der Waals surface area contributed by atoms with Crippen LogP contribution in [0.3, 0.4) is 0 Å². The third-order valence-corrected chi connectivity index (χ3v) is 17.0. The number of rotatable bonds is 7. The highest BCUT2D eigenvalue weighted by atomic mass is 28.4. The Morgan fingerprint density at radius 2 is 1.76 bits per heavy atom. The van der Waals surface area contributed by atoms with Gasteiger partial charge in [-0.25, -0.2) is 0 Å². The lowest BCUT2D eigenvalue weighted by Crippen LogP contribution is -2.57. The molecule has 1 fully saturated rings. The van der Waals surface area contributed by atoms with Crippen LogP contribution in [0.25, 0.3) is 0 Å². The summed E-state index contributed by atoms with van der Waals surface area (Å²) in [4.78, 5) is 0. The minimum Gasteiger partial charge on any atom is -0.413 e. The molecule has 0 spiro atoms. The molecule has 1 saturated carbocycles. The van der Waals surface area contributed by atoms with Crippen LogP contribution in [-0.2, 0) is 4.43 Å². The van der Waals surface area contributed by atoms with Gasteiger partial charge < -0.3 is 9.53 Å². The number of allylic oxidation sites excluding steroid dienone is 6. The van der Waals surface area contributed by atoms with E-state index in [0.717, 1.165) is 19.3 Å². The van der Waals surface area contributed by atoms with Crippen molar-refractivity contribution < 1.29 is 9.53 Å². The monoisotopic (exact) mass is 540 g/mol. The number of aliphatic hydroxyl groups is 1. The lowest BCUT2D eigenvalue weighted by molar-refractivity contribution is -0.0840. The maximum absolute atomic E-state index is 10.4. The molecule has 216 valence electrons. The number of aliphatic hydroxyl groups excluding tert-OH is 1. The molecule has 3 unspecified atom stereocenters. The van der Waals surface area contributed by atoms with Gasteiger partial charge in [-0.15, -0.1) is 0 Å². The standard InChI is InChI=1S/C35H60O2Si/c1-24(2)13-12-14-25(23-36)27-16-17-28-26-15-18-30-33(6,7)31(37-38(10,11)32(3,4)5)20-22-35(30,9)29(26)19-21-34(27,28)8/h13,17,25,27,30-31,36H,12,14-16,18-23H2,1-11H3/t25-,27?,30?,31?,34+,35+/m0/s1. The SMILES string of the molecule is CC(C)=CCC[C@@H](CO)C1CC=C2C3=C(CC[C@@]21C)[C@@]1(C)CCC(O[Si](C)(C)C(C)(C)C)C(C)(C)C1CC3. The Morgan fingerprint density at radius 3 is 2.37 bits per heavy atom. The predicted octanol–water partition coefficient (Wildman–Crippen LogP) is 10.0. The van der Waals surface area contributed by atoms with Crippen molar-refractivity contribution in [2.45, 2.75) is 144 Å². The molecule has 0 radical (unpaired) electrons. The number of hydrogen-bond acceptors (Lipinski definition) is 2. The van der Waals surface area contributed by atoms with E-state index >= 15 is 0 Å². The van der Waals surface area contributed by atoms with Gasteiger partial charge in [-0.2, -0.15) is 0 Å². The predicted molar refractivity (Wildman–Crippen MR) is 166 cm³/mol. The second-order valence-corrected chi connectivity index (χ2v) is 21.1. The highest BCUT2D eigenvalue weighted by molar-refractivity contribution is 6.74. The van der Waals surface area contributed by atoms with Gasteiger partial charge in [-0.3, -0.25) is 0 Å². The molecule has 4 aliphatic rings. The summed E-state index contributed by atoms with van der Waals surface area (Å²) in [5, 5.41) is 10.7. The van der Waals surface area contributed by atoms with Crippen molar-refractivity contribution in [3.63, 3.8) is 0 Å². The Bertz CT molecular complexity index is 988. The van der Waals surface area contributed by atoms with Crippen molar-refractivity contribution in [1.29, 1.82) is 0 Å². The molecule has 4 rings (SSSR count). The van der Waals surface area contributed by atoms with E-state index in [1.54, 1.807) is 11.1 Å². The molecule has 0 saturated heterocycles. The number of fused-ring (bicyclic) bond motifs is 4. The summed E-state index contributed by atoms with van der Waals surface area (Å²) in [7, 11) is -1.81. The van der Waals surface area contributed by atoms with Crippen LogP contribution in [0.1, 0.15) is 120 Å². The molecule has 0 aliphatic heterocycles. The van der Waals surface area contributed by atoms with Gasteiger partial charge in [0, 0.05) is 6.61 Å². The normalized spacial score (nSPS) is 35.7. The van der Waals surface area contributed by atoms with E-state index in [1.165, 1.54) is 44.1 Å². The molecule has 4 aliphatic carbocycles. The summed E-state index contributed by atoms with van der Waals surface area (Å²) in [5.41, 5.74) is 7.34. The molecule has 2 nitrogen and oxygen atoms in total. The van der Waals surface area contributed by atoms with Crippen LogP contribution in [0.15, 0.2) is 34.4 Å². The molecule has 3 heteroatoms. The molecule has 6 atom stereocenters. The zero-order valence-electron chi connectivity index (χ0n) is 26.9. The first-order valence-electron chi connectivity index (χ1n) is 15.8. The lowest BCUT2D eigenvalue weighted by atomic mass is 9.46. The Balaban J connectivity index is 1.58. The summed E-state index contributed by atoms with van der Waals surface area (Å²) in [6, 6.07) is 0. The van der Waals surface area contributed by atoms with Crippen LogP contribution in [0, 0.1) is 34.0 Å². The van der Waals surface area contributed by atoms with E-state index in [0.29, 0.717) is 35.9 Å². The molecule has 0 amide bonds. The van der Waals surface area contributed by atoms with Gasteiger partial charge >= 0.3 is 0 Å². The smallest absolute Gasteiger partial charge is 0.192 e. The van der Waals surface area contributed by atoms with Crippen LogP contribution in [0.5, 0.6) is 0 Å². The maximum atomic E-state index is 10.4. The highest BCUT2D eigenvalue weighted by Gasteiger charge is 2.59. The summed E-state index contributed by atoms with van der Waals surface area (Å²) < 4.78 is 7.16. The van der Waals surface area contributed by atoms with Crippen molar-refractivity contribution in [1.82, 2.24) is 0 Å². The van der Waals surface area contributed by atoms with Gasteiger partial charge in [0.05, 0.1) is 6.10 Å². The minimum absolute atomic E-state index is 0.196. The summed E-state index contributed by atoms with van der Waals surface area (Å²) >= 11 is 0. The molecular formula is C35H60O2Si. The zero-order valence-corrected chi connectivity index (χ0v) is 27.9. The first-order chi connectivity index (χ1) is 17.5. The first kappa shape index (κ1) is 30.3. The third kappa shape index (κ3) is 5.00. The largest absolute Gasteiger partial charge is 0.413 e. The van der Waals surface area contributed by atoms with Crippen molar-refractivity contribution in [2.24, 2.45) is 34.0 Å². The third-order valence-electron chi connectivity index (χ3n) is 12.5. The quantitative estimate of drug-likeness (QED) is 0.257. The molecule has 0 heterocycles. The van der Waals surface area contributed by atoms with E-state index in [1.807, 2.05) is 5.57 Å². The fourth-order valence-electron chi connectivity index (χ4n) is 9.16. The summed E-state index contributed by atoms with van der Waals surface area (Å²) in [5.74, 6) is 1.67. The van der Waals surface area contributed by atoms with Crippen LogP contribution in [-0.4, -0.2) is 26.1 Å². The lowest BCUT2D eigenvalue weighted by Gasteiger charge is -2.61. The minimum atomic E-state index is -1.81. The molecule has 38 heavy (non-hydrogen) atoms. The number of hydrogen-bond donors (Lipinski definition) is 1. The van der Waals surface area contributed by atoms with Gasteiger partial charge in [-0.05, 0) is 135 Å². The molecule has 0 aromatic heterocycles. The summed E-state index contributed by atoms with van der Waals surface area (Å²) in [6.07, 6.45) is 16.2. The van der Waals surface area contributed by atoms with Crippen molar-refractivity contribution >= 4 is 8.32 Å². The van der Waals surface area contributed by atoms with Crippen molar-refractivity contribution in [2.75, 3.05) is 6.61 Å². The van der Waals surface area contributed by atoms with Gasteiger partial charge in [0.2, 0.25) is 0 Å². The average Bonchev–Trinajstić information content (AvgIpc) is 3.15. The van der Waals surface area contributed by atoms with Crippen LogP contribution in [0.2, 0.25) is 18.1 Å². The van der Waals surface area contributed by atoms with E-state index in [4.69, 9.17) is 4.43 Å². The Hall–Kier alpha value is -0.643. The van der Waals surface area contributed by atoms with Crippen molar-refractivity contribution in [3.8, 4) is 0 Å². The second kappa shape index (κ2) is 10.3. The van der Waals surface area contributed by atoms with Crippen LogP contribution < -0.4 is 0 Å². The van der Waals surface area contributed by atoms with E-state index in [2.05, 4.69) is 87.6 Å². The fraction of sp³-hybridized carbons (Fsp3) is 0.829. The van der Waals surface area contributed by atoms with Crippen LogP contribution in [0.4, 0.5) is 0 Å². The average molecular weight is 541 g/mol. The molecule has 0 bridgehead atoms. The Kier molecular flexibility index (Phi) is 8.24. The van der Waals surface area contributed by atoms with Gasteiger partial charge in [0.15, 0.2) is 8.32 Å². The van der Waals surface area contributed by atoms with Gasteiger partial charge in [0.25, 0.3) is 0 Å².